The number of hydrogen-bond acceptors (Lipinski definition) is 4. The Kier molecular flexibility index (Phi) is 3.82. The van der Waals surface area contributed by atoms with E-state index in [1.54, 1.807) is 0 Å². The van der Waals surface area contributed by atoms with Crippen LogP contribution in [0.5, 0.6) is 0 Å². The van der Waals surface area contributed by atoms with Crippen molar-refractivity contribution in [1.29, 1.82) is 0 Å². The van der Waals surface area contributed by atoms with Crippen LogP contribution in [-0.2, 0) is 0 Å². The minimum Gasteiger partial charge on any atom is -0.476 e. The molecular weight excluding hydrogens is 296 g/mol. The largest absolute Gasteiger partial charge is 0.476 e. The first-order chi connectivity index (χ1) is 8.97. The van der Waals surface area contributed by atoms with E-state index in [0.29, 0.717) is 0 Å². The Morgan fingerprint density at radius 3 is 2.47 bits per heavy atom. The summed E-state index contributed by atoms with van der Waals surface area (Å²) >= 11 is 11.7. The molecule has 0 unspecified atom stereocenters. The number of benzene rings is 1. The molecule has 1 aromatic carbocycles. The standard InChI is InChI=1S/C11H6Cl2FN3O2/c12-6-1-5(14)2-7(13)10(6)17-9-4-15-3-8(16-9)11(18)19/h1-4H,(H,16,17)(H,18,19). The summed E-state index contributed by atoms with van der Waals surface area (Å²) in [5, 5.41) is 11.6. The molecule has 0 fully saturated rings. The summed E-state index contributed by atoms with van der Waals surface area (Å²) in [6, 6.07) is 2.15. The molecule has 5 nitrogen and oxygen atoms in total. The lowest BCUT2D eigenvalue weighted by atomic mass is 10.3. The third-order valence-corrected chi connectivity index (χ3v) is 2.71. The van der Waals surface area contributed by atoms with Crippen LogP contribution in [0.4, 0.5) is 15.9 Å². The van der Waals surface area contributed by atoms with Crippen LogP contribution in [0.1, 0.15) is 10.5 Å². The topological polar surface area (TPSA) is 75.1 Å². The van der Waals surface area contributed by atoms with E-state index in [4.69, 9.17) is 28.3 Å². The lowest BCUT2D eigenvalue weighted by Crippen LogP contribution is -2.04. The van der Waals surface area contributed by atoms with Crippen molar-refractivity contribution in [3.63, 3.8) is 0 Å². The summed E-state index contributed by atoms with van der Waals surface area (Å²) < 4.78 is 13.0. The number of hydrogen-bond donors (Lipinski definition) is 2. The van der Waals surface area contributed by atoms with E-state index < -0.39 is 11.8 Å². The number of carboxylic acid groups (broad SMARTS) is 1. The molecule has 0 radical (unpaired) electrons. The van der Waals surface area contributed by atoms with Crippen LogP contribution in [0.25, 0.3) is 0 Å². The van der Waals surface area contributed by atoms with E-state index in [1.165, 1.54) is 6.20 Å². The fourth-order valence-electron chi connectivity index (χ4n) is 1.32. The molecule has 0 aliphatic rings. The lowest BCUT2D eigenvalue weighted by molar-refractivity contribution is 0.0690. The van der Waals surface area contributed by atoms with Gasteiger partial charge in [-0.1, -0.05) is 23.2 Å². The van der Waals surface area contributed by atoms with Crippen molar-refractivity contribution in [2.75, 3.05) is 5.32 Å². The smallest absolute Gasteiger partial charge is 0.356 e. The monoisotopic (exact) mass is 301 g/mol. The van der Waals surface area contributed by atoms with Crippen molar-refractivity contribution in [3.8, 4) is 0 Å². The molecule has 0 bridgehead atoms. The number of aromatic nitrogens is 2. The van der Waals surface area contributed by atoms with E-state index >= 15 is 0 Å². The first-order valence-corrected chi connectivity index (χ1v) is 5.70. The molecule has 0 aliphatic heterocycles. The molecule has 0 saturated heterocycles. The van der Waals surface area contributed by atoms with Crippen molar-refractivity contribution in [2.24, 2.45) is 0 Å². The second-order valence-electron chi connectivity index (χ2n) is 3.46. The van der Waals surface area contributed by atoms with Crippen molar-refractivity contribution in [2.45, 2.75) is 0 Å². The second-order valence-corrected chi connectivity index (χ2v) is 4.28. The first-order valence-electron chi connectivity index (χ1n) is 4.94. The fraction of sp³-hybridized carbons (Fsp3) is 0. The van der Waals surface area contributed by atoms with Gasteiger partial charge in [0.15, 0.2) is 5.69 Å². The van der Waals surface area contributed by atoms with Gasteiger partial charge in [-0.25, -0.2) is 14.2 Å². The number of carboxylic acids is 1. The third-order valence-electron chi connectivity index (χ3n) is 2.11. The summed E-state index contributed by atoms with van der Waals surface area (Å²) in [7, 11) is 0. The van der Waals surface area contributed by atoms with Crippen molar-refractivity contribution in [3.05, 3.63) is 46.1 Å². The minimum atomic E-state index is -1.22. The van der Waals surface area contributed by atoms with E-state index in [1.807, 2.05) is 0 Å². The zero-order valence-corrected chi connectivity index (χ0v) is 10.7. The Bertz CT molecular complexity index is 629. The predicted molar refractivity (Wildman–Crippen MR) is 68.7 cm³/mol. The van der Waals surface area contributed by atoms with Gasteiger partial charge >= 0.3 is 5.97 Å². The molecule has 1 aromatic heterocycles. The zero-order chi connectivity index (χ0) is 14.0. The lowest BCUT2D eigenvalue weighted by Gasteiger charge is -2.09. The molecule has 1 heterocycles. The van der Waals surface area contributed by atoms with Crippen LogP contribution < -0.4 is 5.32 Å². The number of halogens is 3. The number of rotatable bonds is 3. The van der Waals surface area contributed by atoms with E-state index in [0.717, 1.165) is 18.3 Å². The van der Waals surface area contributed by atoms with Gasteiger partial charge in [0.05, 0.1) is 28.1 Å². The summed E-state index contributed by atoms with van der Waals surface area (Å²) in [5.74, 6) is -1.66. The molecule has 0 saturated carbocycles. The Morgan fingerprint density at radius 2 is 1.89 bits per heavy atom. The van der Waals surface area contributed by atoms with Crippen molar-refractivity contribution < 1.29 is 14.3 Å². The second kappa shape index (κ2) is 5.38. The molecule has 2 aromatic rings. The quantitative estimate of drug-likeness (QED) is 0.909. The van der Waals surface area contributed by atoms with Gasteiger partial charge in [-0.05, 0) is 12.1 Å². The van der Waals surface area contributed by atoms with Crippen molar-refractivity contribution in [1.82, 2.24) is 9.97 Å². The Balaban J connectivity index is 2.36. The maximum Gasteiger partial charge on any atom is 0.356 e. The minimum absolute atomic E-state index is 0.0486. The zero-order valence-electron chi connectivity index (χ0n) is 9.19. The maximum absolute atomic E-state index is 13.0. The number of aromatic carboxylic acids is 1. The van der Waals surface area contributed by atoms with Crippen LogP contribution >= 0.6 is 23.2 Å². The predicted octanol–water partition coefficient (Wildman–Crippen LogP) is 3.36. The molecule has 19 heavy (non-hydrogen) atoms. The molecule has 0 spiro atoms. The first kappa shape index (κ1) is 13.5. The molecule has 0 atom stereocenters. The Hall–Kier alpha value is -1.92. The highest BCUT2D eigenvalue weighted by Gasteiger charge is 2.11. The van der Waals surface area contributed by atoms with Crippen LogP contribution in [0.2, 0.25) is 10.0 Å². The Labute approximate surface area is 117 Å². The number of nitrogens with zero attached hydrogens (tertiary/aromatic N) is 2. The highest BCUT2D eigenvalue weighted by atomic mass is 35.5. The highest BCUT2D eigenvalue weighted by Crippen LogP contribution is 2.33. The van der Waals surface area contributed by atoms with Crippen LogP contribution in [0.3, 0.4) is 0 Å². The van der Waals surface area contributed by atoms with Gasteiger partial charge in [0, 0.05) is 0 Å². The summed E-state index contributed by atoms with van der Waals surface area (Å²) in [4.78, 5) is 18.3. The van der Waals surface area contributed by atoms with Gasteiger partial charge in [0.2, 0.25) is 0 Å². The fourth-order valence-corrected chi connectivity index (χ4v) is 1.87. The Morgan fingerprint density at radius 1 is 1.26 bits per heavy atom. The molecule has 0 aliphatic carbocycles. The number of carbonyl (C=O) groups is 1. The molecule has 98 valence electrons. The van der Waals surface area contributed by atoms with Gasteiger partial charge < -0.3 is 10.4 Å². The molecule has 2 rings (SSSR count). The molecule has 8 heteroatoms. The summed E-state index contributed by atoms with van der Waals surface area (Å²) in [6.45, 7) is 0. The maximum atomic E-state index is 13.0. The van der Waals surface area contributed by atoms with Crippen LogP contribution in [0.15, 0.2) is 24.5 Å². The van der Waals surface area contributed by atoms with Gasteiger partial charge in [0.25, 0.3) is 0 Å². The normalized spacial score (nSPS) is 10.3. The van der Waals surface area contributed by atoms with Crippen molar-refractivity contribution >= 4 is 40.7 Å². The molecule has 2 N–H and O–H groups in total. The van der Waals surface area contributed by atoms with Crippen LogP contribution in [-0.4, -0.2) is 21.0 Å². The van der Waals surface area contributed by atoms with Gasteiger partial charge in [-0.3, -0.25) is 4.98 Å². The average molecular weight is 302 g/mol. The highest BCUT2D eigenvalue weighted by molar-refractivity contribution is 6.39. The van der Waals surface area contributed by atoms with Gasteiger partial charge in [0.1, 0.15) is 11.6 Å². The number of nitrogens with one attached hydrogen (secondary N) is 1. The summed E-state index contributed by atoms with van der Waals surface area (Å²) in [5.41, 5.74) is -0.0130. The van der Waals surface area contributed by atoms with E-state index in [-0.39, 0.29) is 27.2 Å². The number of anilines is 2. The average Bonchev–Trinajstić information content (AvgIpc) is 2.34. The molecule has 0 amide bonds. The van der Waals surface area contributed by atoms with E-state index in [9.17, 15) is 9.18 Å². The third kappa shape index (κ3) is 3.10. The van der Waals surface area contributed by atoms with Crippen LogP contribution in [0, 0.1) is 5.82 Å². The SMILES string of the molecule is O=C(O)c1cncc(Nc2c(Cl)cc(F)cc2Cl)n1. The van der Waals surface area contributed by atoms with E-state index in [2.05, 4.69) is 15.3 Å². The summed E-state index contributed by atoms with van der Waals surface area (Å²) in [6.07, 6.45) is 2.39. The van der Waals surface area contributed by atoms with Gasteiger partial charge in [-0.2, -0.15) is 0 Å². The van der Waals surface area contributed by atoms with Gasteiger partial charge in [-0.15, -0.1) is 0 Å². The molecular formula is C11H6Cl2FN3O2.